The number of benzene rings is 1. The summed E-state index contributed by atoms with van der Waals surface area (Å²) in [6.45, 7) is 0.660. The van der Waals surface area contributed by atoms with Crippen molar-refractivity contribution in [3.8, 4) is 5.75 Å². The molecule has 1 aliphatic rings. The largest absolute Gasteiger partial charge is 0.508 e. The van der Waals surface area contributed by atoms with Crippen LogP contribution in [0.2, 0.25) is 5.02 Å². The van der Waals surface area contributed by atoms with Crippen LogP contribution in [0.3, 0.4) is 0 Å². The second-order valence-corrected chi connectivity index (χ2v) is 6.71. The zero-order chi connectivity index (χ0) is 13.8. The fraction of sp³-hybridized carbons (Fsp3) is 0.500. The average molecular weight is 347 g/mol. The third kappa shape index (κ3) is 4.11. The molecule has 1 aliphatic carbocycles. The van der Waals surface area contributed by atoms with E-state index in [1.165, 1.54) is 31.0 Å². The first kappa shape index (κ1) is 14.7. The van der Waals surface area contributed by atoms with E-state index in [4.69, 9.17) is 11.6 Å². The van der Waals surface area contributed by atoms with Crippen molar-refractivity contribution in [2.75, 3.05) is 6.54 Å². The Kier molecular flexibility index (Phi) is 5.11. The summed E-state index contributed by atoms with van der Waals surface area (Å²) in [6, 6.07) is 4.39. The van der Waals surface area contributed by atoms with Crippen LogP contribution in [0.1, 0.15) is 36.0 Å². The van der Waals surface area contributed by atoms with Crippen LogP contribution in [0.4, 0.5) is 0 Å². The van der Waals surface area contributed by atoms with Gasteiger partial charge in [0, 0.05) is 11.4 Å². The van der Waals surface area contributed by atoms with Crippen LogP contribution in [0.5, 0.6) is 5.75 Å². The normalized spacial score (nSPS) is 23.1. The van der Waals surface area contributed by atoms with Gasteiger partial charge in [-0.2, -0.15) is 0 Å². The first-order valence-electron chi connectivity index (χ1n) is 6.47. The van der Waals surface area contributed by atoms with Crippen molar-refractivity contribution in [2.45, 2.75) is 30.5 Å². The van der Waals surface area contributed by atoms with Gasteiger partial charge in [-0.1, -0.05) is 34.0 Å². The third-order valence-corrected chi connectivity index (χ3v) is 4.63. The van der Waals surface area contributed by atoms with E-state index in [1.807, 2.05) is 0 Å². The van der Waals surface area contributed by atoms with E-state index in [1.54, 1.807) is 0 Å². The van der Waals surface area contributed by atoms with Gasteiger partial charge >= 0.3 is 0 Å². The predicted octanol–water partition coefficient (Wildman–Crippen LogP) is 3.73. The third-order valence-electron chi connectivity index (χ3n) is 3.46. The van der Waals surface area contributed by atoms with Crippen molar-refractivity contribution < 1.29 is 9.90 Å². The first-order valence-corrected chi connectivity index (χ1v) is 7.76. The molecule has 2 N–H and O–H groups in total. The molecule has 0 radical (unpaired) electrons. The quantitative estimate of drug-likeness (QED) is 0.819. The van der Waals surface area contributed by atoms with E-state index < -0.39 is 0 Å². The number of alkyl halides is 1. The monoisotopic (exact) mass is 345 g/mol. The highest BCUT2D eigenvalue weighted by Gasteiger charge is 2.21. The molecule has 1 aromatic carbocycles. The number of nitrogens with one attached hydrogen (secondary N) is 1. The van der Waals surface area contributed by atoms with Gasteiger partial charge in [0.25, 0.3) is 5.91 Å². The number of halogens is 2. The molecular weight excluding hydrogens is 330 g/mol. The summed E-state index contributed by atoms with van der Waals surface area (Å²) >= 11 is 9.59. The Balaban J connectivity index is 1.92. The van der Waals surface area contributed by atoms with Crippen LogP contribution >= 0.6 is 27.5 Å². The molecule has 1 amide bonds. The van der Waals surface area contributed by atoms with E-state index in [2.05, 4.69) is 21.2 Å². The van der Waals surface area contributed by atoms with Gasteiger partial charge in [0.05, 0.1) is 10.6 Å². The number of carbonyl (C=O) groups excluding carboxylic acids is 1. The number of phenolic OH excluding ortho intramolecular Hbond substituents is 1. The SMILES string of the molecule is O=C(NCC1CCCC(Br)C1)c1cc(O)ccc1Cl. The minimum Gasteiger partial charge on any atom is -0.508 e. The summed E-state index contributed by atoms with van der Waals surface area (Å²) in [7, 11) is 0. The van der Waals surface area contributed by atoms with Crippen molar-refractivity contribution in [1.82, 2.24) is 5.32 Å². The predicted molar refractivity (Wildman–Crippen MR) is 80.1 cm³/mol. The standard InChI is InChI=1S/C14H17BrClNO2/c15-10-3-1-2-9(6-10)8-17-14(19)12-7-11(18)4-5-13(12)16/h4-5,7,9-10,18H,1-3,6,8H2,(H,17,19). The Bertz CT molecular complexity index is 467. The number of hydrogen-bond donors (Lipinski definition) is 2. The average Bonchev–Trinajstić information content (AvgIpc) is 2.39. The summed E-state index contributed by atoms with van der Waals surface area (Å²) in [5.74, 6) is 0.337. The van der Waals surface area contributed by atoms with Gasteiger partial charge in [-0.25, -0.2) is 0 Å². The smallest absolute Gasteiger partial charge is 0.252 e. The second kappa shape index (κ2) is 6.62. The van der Waals surface area contributed by atoms with Crippen molar-refractivity contribution in [3.05, 3.63) is 28.8 Å². The number of phenols is 1. The Morgan fingerprint density at radius 1 is 1.47 bits per heavy atom. The summed E-state index contributed by atoms with van der Waals surface area (Å²) in [6.07, 6.45) is 4.65. The summed E-state index contributed by atoms with van der Waals surface area (Å²) in [5, 5.41) is 12.7. The number of amides is 1. The molecule has 1 saturated carbocycles. The summed E-state index contributed by atoms with van der Waals surface area (Å²) in [5.41, 5.74) is 0.327. The summed E-state index contributed by atoms with van der Waals surface area (Å²) in [4.78, 5) is 12.6. The molecule has 19 heavy (non-hydrogen) atoms. The van der Waals surface area contributed by atoms with E-state index in [9.17, 15) is 9.90 Å². The van der Waals surface area contributed by atoms with Gasteiger partial charge < -0.3 is 10.4 Å². The Labute approximate surface area is 126 Å². The fourth-order valence-corrected chi connectivity index (χ4v) is 3.49. The van der Waals surface area contributed by atoms with Crippen molar-refractivity contribution in [1.29, 1.82) is 0 Å². The summed E-state index contributed by atoms with van der Waals surface area (Å²) < 4.78 is 0. The maximum Gasteiger partial charge on any atom is 0.252 e. The maximum absolute atomic E-state index is 12.0. The lowest BCUT2D eigenvalue weighted by molar-refractivity contribution is 0.0943. The molecule has 1 fully saturated rings. The van der Waals surface area contributed by atoms with E-state index >= 15 is 0 Å². The molecule has 104 valence electrons. The zero-order valence-electron chi connectivity index (χ0n) is 10.5. The molecule has 0 bridgehead atoms. The van der Waals surface area contributed by atoms with Gasteiger partial charge in [-0.05, 0) is 43.4 Å². The Hall–Kier alpha value is -0.740. The highest BCUT2D eigenvalue weighted by Crippen LogP contribution is 2.28. The molecule has 0 saturated heterocycles. The number of rotatable bonds is 3. The van der Waals surface area contributed by atoms with Crippen LogP contribution in [0, 0.1) is 5.92 Å². The van der Waals surface area contributed by atoms with Crippen molar-refractivity contribution in [2.24, 2.45) is 5.92 Å². The molecule has 0 heterocycles. The molecule has 0 aliphatic heterocycles. The number of aromatic hydroxyl groups is 1. The zero-order valence-corrected chi connectivity index (χ0v) is 12.9. The van der Waals surface area contributed by atoms with Crippen LogP contribution in [-0.4, -0.2) is 22.4 Å². The molecule has 1 aromatic rings. The second-order valence-electron chi connectivity index (χ2n) is 5.00. The molecule has 0 aromatic heterocycles. The number of hydrogen-bond acceptors (Lipinski definition) is 2. The lowest BCUT2D eigenvalue weighted by Crippen LogP contribution is -2.32. The van der Waals surface area contributed by atoms with E-state index in [-0.39, 0.29) is 11.7 Å². The highest BCUT2D eigenvalue weighted by molar-refractivity contribution is 9.09. The van der Waals surface area contributed by atoms with Gasteiger partial charge in [0.15, 0.2) is 0 Å². The van der Waals surface area contributed by atoms with Gasteiger partial charge in [-0.3, -0.25) is 4.79 Å². The molecule has 3 nitrogen and oxygen atoms in total. The highest BCUT2D eigenvalue weighted by atomic mass is 79.9. The molecule has 2 unspecified atom stereocenters. The lowest BCUT2D eigenvalue weighted by atomic mass is 9.89. The van der Waals surface area contributed by atoms with Crippen LogP contribution in [0.25, 0.3) is 0 Å². The molecule has 2 rings (SSSR count). The van der Waals surface area contributed by atoms with Crippen LogP contribution < -0.4 is 5.32 Å². The molecule has 0 spiro atoms. The Morgan fingerprint density at radius 3 is 3.00 bits per heavy atom. The lowest BCUT2D eigenvalue weighted by Gasteiger charge is -2.25. The number of carbonyl (C=O) groups is 1. The van der Waals surface area contributed by atoms with Crippen molar-refractivity contribution in [3.63, 3.8) is 0 Å². The molecule has 2 atom stereocenters. The first-order chi connectivity index (χ1) is 9.06. The molecular formula is C14H17BrClNO2. The van der Waals surface area contributed by atoms with Gasteiger partial charge in [0.2, 0.25) is 0 Å². The molecule has 5 heteroatoms. The fourth-order valence-electron chi connectivity index (χ4n) is 2.43. The van der Waals surface area contributed by atoms with E-state index in [0.29, 0.717) is 27.9 Å². The van der Waals surface area contributed by atoms with E-state index in [0.717, 1.165) is 12.8 Å². The Morgan fingerprint density at radius 2 is 2.26 bits per heavy atom. The van der Waals surface area contributed by atoms with Crippen molar-refractivity contribution >= 4 is 33.4 Å². The van der Waals surface area contributed by atoms with Gasteiger partial charge in [0.1, 0.15) is 5.75 Å². The van der Waals surface area contributed by atoms with Gasteiger partial charge in [-0.15, -0.1) is 0 Å². The van der Waals surface area contributed by atoms with Crippen LogP contribution in [-0.2, 0) is 0 Å². The van der Waals surface area contributed by atoms with Crippen LogP contribution in [0.15, 0.2) is 18.2 Å². The minimum atomic E-state index is -0.224. The maximum atomic E-state index is 12.0. The topological polar surface area (TPSA) is 49.3 Å². The minimum absolute atomic E-state index is 0.0488.